The molecule has 17 heavy (non-hydrogen) atoms. The van der Waals surface area contributed by atoms with Crippen LogP contribution in [0.4, 0.5) is 5.69 Å². The zero-order valence-electron chi connectivity index (χ0n) is 10.4. The number of hydrogen-bond donors (Lipinski definition) is 3. The molecule has 0 aromatic heterocycles. The highest BCUT2D eigenvalue weighted by atomic mass is 32.1. The second-order valence-corrected chi connectivity index (χ2v) is 4.17. The summed E-state index contributed by atoms with van der Waals surface area (Å²) < 4.78 is 0. The molecule has 0 unspecified atom stereocenters. The van der Waals surface area contributed by atoms with E-state index in [1.165, 1.54) is 5.69 Å². The maximum Gasteiger partial charge on any atom is 0.223 e. The molecule has 1 aromatic carbocycles. The van der Waals surface area contributed by atoms with Crippen LogP contribution in [-0.4, -0.2) is 32.0 Å². The molecule has 0 saturated heterocycles. The molecule has 1 aromatic rings. The van der Waals surface area contributed by atoms with E-state index in [1.807, 2.05) is 39.4 Å². The van der Waals surface area contributed by atoms with Gasteiger partial charge in [-0.3, -0.25) is 0 Å². The average molecular weight is 251 g/mol. The molecular formula is C12H19N4S+. The summed E-state index contributed by atoms with van der Waals surface area (Å²) >= 11 is 5.01. The van der Waals surface area contributed by atoms with E-state index < -0.39 is 0 Å². The molecule has 0 aliphatic heterocycles. The van der Waals surface area contributed by atoms with E-state index in [0.717, 1.165) is 12.1 Å². The van der Waals surface area contributed by atoms with Crippen LogP contribution in [0, 0.1) is 0 Å². The monoisotopic (exact) mass is 251 g/mol. The van der Waals surface area contributed by atoms with Crippen molar-refractivity contribution in [3.8, 4) is 0 Å². The first-order valence-corrected chi connectivity index (χ1v) is 5.94. The van der Waals surface area contributed by atoms with Crippen LogP contribution in [0.15, 0.2) is 24.3 Å². The van der Waals surface area contributed by atoms with E-state index in [2.05, 4.69) is 32.9 Å². The van der Waals surface area contributed by atoms with Gasteiger partial charge in [-0.2, -0.15) is 0 Å². The first-order chi connectivity index (χ1) is 8.13. The number of thiocarbonyl (C=S) groups is 1. The van der Waals surface area contributed by atoms with Gasteiger partial charge in [0.25, 0.3) is 0 Å². The fraction of sp³-hybridized carbons (Fsp3) is 0.333. The molecule has 92 valence electrons. The lowest BCUT2D eigenvalue weighted by atomic mass is 10.2. The molecule has 5 heteroatoms. The lowest BCUT2D eigenvalue weighted by molar-refractivity contribution is -0.500. The average Bonchev–Trinajstić information content (AvgIpc) is 2.30. The molecule has 1 rings (SSSR count). The van der Waals surface area contributed by atoms with Crippen LogP contribution in [0.3, 0.4) is 0 Å². The van der Waals surface area contributed by atoms with Crippen molar-refractivity contribution in [3.05, 3.63) is 29.8 Å². The third kappa shape index (κ3) is 4.82. The summed E-state index contributed by atoms with van der Waals surface area (Å²) in [7, 11) is 4.04. The maximum absolute atomic E-state index is 5.01. The van der Waals surface area contributed by atoms with E-state index >= 15 is 0 Å². The summed E-state index contributed by atoms with van der Waals surface area (Å²) in [4.78, 5) is 2.07. The lowest BCUT2D eigenvalue weighted by Crippen LogP contribution is -2.82. The molecule has 4 nitrogen and oxygen atoms in total. The van der Waals surface area contributed by atoms with Gasteiger partial charge in [-0.1, -0.05) is 0 Å². The van der Waals surface area contributed by atoms with Gasteiger partial charge in [0.05, 0.1) is 0 Å². The SMILES string of the molecule is CCNC(=S)N[NH+]=Cc1ccc(N(C)C)cc1. The Labute approximate surface area is 108 Å². The lowest BCUT2D eigenvalue weighted by Gasteiger charge is -2.11. The van der Waals surface area contributed by atoms with E-state index in [-0.39, 0.29) is 0 Å². The molecule has 0 atom stereocenters. The number of benzene rings is 1. The summed E-state index contributed by atoms with van der Waals surface area (Å²) in [5, 5.41) is 6.52. The molecule has 3 N–H and O–H groups in total. The van der Waals surface area contributed by atoms with Gasteiger partial charge in [0.1, 0.15) is 0 Å². The van der Waals surface area contributed by atoms with Crippen LogP contribution >= 0.6 is 12.2 Å². The van der Waals surface area contributed by atoms with Crippen LogP contribution < -0.4 is 20.7 Å². The smallest absolute Gasteiger partial charge is 0.223 e. The second-order valence-electron chi connectivity index (χ2n) is 3.76. The normalized spacial score (nSPS) is 10.3. The minimum Gasteiger partial charge on any atom is -0.378 e. The van der Waals surface area contributed by atoms with Crippen molar-refractivity contribution in [2.75, 3.05) is 25.5 Å². The molecule has 0 saturated carbocycles. The van der Waals surface area contributed by atoms with Crippen molar-refractivity contribution in [1.82, 2.24) is 10.7 Å². The van der Waals surface area contributed by atoms with E-state index in [4.69, 9.17) is 12.2 Å². The number of anilines is 1. The van der Waals surface area contributed by atoms with Gasteiger partial charge in [-0.15, -0.1) is 10.5 Å². The van der Waals surface area contributed by atoms with E-state index in [1.54, 1.807) is 0 Å². The van der Waals surface area contributed by atoms with Crippen molar-refractivity contribution in [3.63, 3.8) is 0 Å². The van der Waals surface area contributed by atoms with Crippen molar-refractivity contribution < 1.29 is 5.10 Å². The summed E-state index contributed by atoms with van der Waals surface area (Å²) in [6, 6.07) is 8.22. The number of hydrogen-bond acceptors (Lipinski definition) is 2. The molecule has 0 aliphatic carbocycles. The maximum atomic E-state index is 5.01. The highest BCUT2D eigenvalue weighted by Crippen LogP contribution is 2.10. The van der Waals surface area contributed by atoms with Crippen molar-refractivity contribution in [1.29, 1.82) is 0 Å². The molecule has 0 fully saturated rings. The predicted octanol–water partition coefficient (Wildman–Crippen LogP) is -0.349. The summed E-state index contributed by atoms with van der Waals surface area (Å²) in [6.07, 6.45) is 1.86. The number of hydrazine groups is 1. The van der Waals surface area contributed by atoms with Crippen molar-refractivity contribution in [2.45, 2.75) is 6.92 Å². The number of rotatable bonds is 4. The molecule has 0 radical (unpaired) electrons. The van der Waals surface area contributed by atoms with Gasteiger partial charge in [0.15, 0.2) is 6.21 Å². The van der Waals surface area contributed by atoms with Gasteiger partial charge in [0.2, 0.25) is 5.11 Å². The second kappa shape index (κ2) is 6.85. The molecule has 0 bridgehead atoms. The van der Waals surface area contributed by atoms with Gasteiger partial charge < -0.3 is 10.2 Å². The van der Waals surface area contributed by atoms with Crippen LogP contribution in [0.1, 0.15) is 12.5 Å². The Morgan fingerprint density at radius 1 is 1.35 bits per heavy atom. The zero-order valence-corrected chi connectivity index (χ0v) is 11.3. The highest BCUT2D eigenvalue weighted by Gasteiger charge is 1.96. The van der Waals surface area contributed by atoms with Crippen LogP contribution in [-0.2, 0) is 0 Å². The van der Waals surface area contributed by atoms with E-state index in [9.17, 15) is 0 Å². The van der Waals surface area contributed by atoms with E-state index in [0.29, 0.717) is 5.11 Å². The third-order valence-electron chi connectivity index (χ3n) is 2.17. The summed E-state index contributed by atoms with van der Waals surface area (Å²) in [5.74, 6) is 0. The van der Waals surface area contributed by atoms with Crippen LogP contribution in [0.25, 0.3) is 0 Å². The van der Waals surface area contributed by atoms with Gasteiger partial charge in [-0.05, 0) is 43.4 Å². The number of nitrogens with zero attached hydrogens (tertiary/aromatic N) is 1. The Morgan fingerprint density at radius 2 is 2.00 bits per heavy atom. The highest BCUT2D eigenvalue weighted by molar-refractivity contribution is 7.80. The van der Waals surface area contributed by atoms with Crippen LogP contribution in [0.5, 0.6) is 0 Å². The molecule has 0 amide bonds. The van der Waals surface area contributed by atoms with Crippen molar-refractivity contribution >= 4 is 29.2 Å². The minimum atomic E-state index is 0.591. The predicted molar refractivity (Wildman–Crippen MR) is 76.3 cm³/mol. The first-order valence-electron chi connectivity index (χ1n) is 5.53. The third-order valence-corrected chi connectivity index (χ3v) is 2.42. The zero-order chi connectivity index (χ0) is 12.7. The molecule has 0 spiro atoms. The molecular weight excluding hydrogens is 232 g/mol. The largest absolute Gasteiger partial charge is 0.378 e. The molecule has 0 aliphatic rings. The van der Waals surface area contributed by atoms with Gasteiger partial charge >= 0.3 is 0 Å². The number of nitrogens with one attached hydrogen (secondary N) is 3. The van der Waals surface area contributed by atoms with Gasteiger partial charge in [0, 0.05) is 31.9 Å². The number of hydrazone groups is 1. The Bertz CT molecular complexity index is 384. The topological polar surface area (TPSA) is 41.3 Å². The fourth-order valence-electron chi connectivity index (χ4n) is 1.26. The fourth-order valence-corrected chi connectivity index (χ4v) is 1.46. The Balaban J connectivity index is 2.51. The minimum absolute atomic E-state index is 0.591. The summed E-state index contributed by atoms with van der Waals surface area (Å²) in [6.45, 7) is 2.81. The summed E-state index contributed by atoms with van der Waals surface area (Å²) in [5.41, 5.74) is 5.14. The van der Waals surface area contributed by atoms with Gasteiger partial charge in [-0.25, -0.2) is 0 Å². The first kappa shape index (κ1) is 13.4. The van der Waals surface area contributed by atoms with Crippen LogP contribution in [0.2, 0.25) is 0 Å². The standard InChI is InChI=1S/C12H18N4S/c1-4-13-12(17)15-14-9-10-5-7-11(8-6-10)16(2)3/h5-9H,4H2,1-3H3,(H2,13,15,17)/p+1. The Kier molecular flexibility index (Phi) is 5.42. The van der Waals surface area contributed by atoms with Crippen molar-refractivity contribution in [2.24, 2.45) is 0 Å². The molecule has 0 heterocycles. The Hall–Kier alpha value is -1.62. The quantitative estimate of drug-likeness (QED) is 0.389. The Morgan fingerprint density at radius 3 is 2.53 bits per heavy atom.